The lowest BCUT2D eigenvalue weighted by Crippen LogP contribution is -2.34. The van der Waals surface area contributed by atoms with Crippen LogP contribution >= 0.6 is 0 Å². The molecule has 0 fully saturated rings. The predicted molar refractivity (Wildman–Crippen MR) is 84.1 cm³/mol. The molecule has 0 bridgehead atoms. The van der Waals surface area contributed by atoms with E-state index in [1.165, 1.54) is 19.2 Å². The van der Waals surface area contributed by atoms with E-state index in [0.717, 1.165) is 6.07 Å². The fourth-order valence-corrected chi connectivity index (χ4v) is 1.75. The van der Waals surface area contributed by atoms with E-state index in [1.807, 2.05) is 0 Å². The van der Waals surface area contributed by atoms with Gasteiger partial charge >= 0.3 is 6.09 Å². The van der Waals surface area contributed by atoms with Crippen LogP contribution in [-0.4, -0.2) is 37.8 Å². The lowest BCUT2D eigenvalue weighted by Gasteiger charge is -2.19. The van der Waals surface area contributed by atoms with E-state index in [4.69, 9.17) is 9.47 Å². The number of methoxy groups -OCH3 is 1. The average Bonchev–Trinajstić information content (AvgIpc) is 2.44. The summed E-state index contributed by atoms with van der Waals surface area (Å²) in [5, 5.41) is 5.23. The molecular formula is C16H23FN2O4. The van der Waals surface area contributed by atoms with Crippen LogP contribution in [0.25, 0.3) is 0 Å². The van der Waals surface area contributed by atoms with Crippen LogP contribution in [0.4, 0.5) is 9.18 Å². The second kappa shape index (κ2) is 8.36. The molecule has 128 valence electrons. The number of hydrogen-bond donors (Lipinski definition) is 2. The number of nitrogens with one attached hydrogen (secondary N) is 2. The molecule has 0 unspecified atom stereocenters. The van der Waals surface area contributed by atoms with Crippen molar-refractivity contribution in [2.45, 2.75) is 32.8 Å². The smallest absolute Gasteiger partial charge is 0.407 e. The minimum Gasteiger partial charge on any atom is -0.496 e. The van der Waals surface area contributed by atoms with Crippen LogP contribution < -0.4 is 15.4 Å². The molecule has 1 aromatic carbocycles. The monoisotopic (exact) mass is 326 g/mol. The van der Waals surface area contributed by atoms with E-state index in [2.05, 4.69) is 10.6 Å². The Morgan fingerprint density at radius 2 is 1.83 bits per heavy atom. The Labute approximate surface area is 135 Å². The first-order valence-corrected chi connectivity index (χ1v) is 7.31. The van der Waals surface area contributed by atoms with Gasteiger partial charge in [-0.05, 0) is 45.4 Å². The van der Waals surface area contributed by atoms with Crippen molar-refractivity contribution in [2.24, 2.45) is 0 Å². The third-order valence-corrected chi connectivity index (χ3v) is 2.71. The average molecular weight is 326 g/mol. The number of benzene rings is 1. The number of amides is 2. The first kappa shape index (κ1) is 18.7. The predicted octanol–water partition coefficient (Wildman–Crippen LogP) is 2.48. The van der Waals surface area contributed by atoms with Gasteiger partial charge in [0.2, 0.25) is 0 Å². The first-order chi connectivity index (χ1) is 10.7. The maximum absolute atomic E-state index is 13.2. The van der Waals surface area contributed by atoms with E-state index >= 15 is 0 Å². The van der Waals surface area contributed by atoms with Crippen LogP contribution in [0.15, 0.2) is 18.2 Å². The number of halogens is 1. The van der Waals surface area contributed by atoms with Crippen molar-refractivity contribution in [3.63, 3.8) is 0 Å². The number of alkyl carbamates (subject to hydrolysis) is 1. The maximum Gasteiger partial charge on any atom is 0.407 e. The van der Waals surface area contributed by atoms with Gasteiger partial charge in [0.05, 0.1) is 12.7 Å². The van der Waals surface area contributed by atoms with Gasteiger partial charge in [-0.25, -0.2) is 9.18 Å². The molecule has 6 nitrogen and oxygen atoms in total. The molecule has 0 saturated carbocycles. The molecule has 0 aliphatic heterocycles. The molecule has 0 aliphatic carbocycles. The van der Waals surface area contributed by atoms with Crippen molar-refractivity contribution in [2.75, 3.05) is 20.2 Å². The third kappa shape index (κ3) is 6.99. The van der Waals surface area contributed by atoms with Gasteiger partial charge in [-0.1, -0.05) is 0 Å². The molecule has 0 spiro atoms. The minimum absolute atomic E-state index is 0.132. The number of carbonyl (C=O) groups excluding carboxylic acids is 2. The van der Waals surface area contributed by atoms with Gasteiger partial charge in [-0.15, -0.1) is 0 Å². The Hall–Kier alpha value is -2.31. The van der Waals surface area contributed by atoms with E-state index in [9.17, 15) is 14.0 Å². The SMILES string of the molecule is COc1ccc(F)cc1C(=O)NCCCNC(=O)OC(C)(C)C. The lowest BCUT2D eigenvalue weighted by atomic mass is 10.2. The van der Waals surface area contributed by atoms with Crippen LogP contribution in [0.2, 0.25) is 0 Å². The fourth-order valence-electron chi connectivity index (χ4n) is 1.75. The van der Waals surface area contributed by atoms with E-state index in [1.54, 1.807) is 20.8 Å². The zero-order valence-corrected chi connectivity index (χ0v) is 13.9. The van der Waals surface area contributed by atoms with Gasteiger partial charge in [-0.2, -0.15) is 0 Å². The molecule has 0 heterocycles. The van der Waals surface area contributed by atoms with E-state index < -0.39 is 23.4 Å². The Morgan fingerprint density at radius 3 is 2.43 bits per heavy atom. The highest BCUT2D eigenvalue weighted by molar-refractivity contribution is 5.96. The minimum atomic E-state index is -0.549. The van der Waals surface area contributed by atoms with Crippen molar-refractivity contribution >= 4 is 12.0 Å². The van der Waals surface area contributed by atoms with Gasteiger partial charge in [0.15, 0.2) is 0 Å². The van der Waals surface area contributed by atoms with E-state index in [0.29, 0.717) is 25.3 Å². The molecule has 1 rings (SSSR count). The van der Waals surface area contributed by atoms with Gasteiger partial charge in [-0.3, -0.25) is 4.79 Å². The number of rotatable bonds is 6. The lowest BCUT2D eigenvalue weighted by molar-refractivity contribution is 0.0527. The van der Waals surface area contributed by atoms with Gasteiger partial charge < -0.3 is 20.1 Å². The van der Waals surface area contributed by atoms with Gasteiger partial charge in [0.25, 0.3) is 5.91 Å². The molecule has 1 aromatic rings. The summed E-state index contributed by atoms with van der Waals surface area (Å²) in [5.74, 6) is -0.642. The van der Waals surface area contributed by atoms with Crippen LogP contribution in [0.3, 0.4) is 0 Å². The van der Waals surface area contributed by atoms with Crippen LogP contribution in [-0.2, 0) is 4.74 Å². The summed E-state index contributed by atoms with van der Waals surface area (Å²) >= 11 is 0. The second-order valence-electron chi connectivity index (χ2n) is 5.88. The summed E-state index contributed by atoms with van der Waals surface area (Å²) in [6, 6.07) is 3.74. The third-order valence-electron chi connectivity index (χ3n) is 2.71. The summed E-state index contributed by atoms with van der Waals surface area (Å²) in [6.45, 7) is 6.02. The van der Waals surface area contributed by atoms with Gasteiger partial charge in [0.1, 0.15) is 17.2 Å². The molecule has 0 atom stereocenters. The van der Waals surface area contributed by atoms with E-state index in [-0.39, 0.29) is 5.56 Å². The second-order valence-corrected chi connectivity index (χ2v) is 5.88. The molecule has 0 radical (unpaired) electrons. The summed E-state index contributed by atoms with van der Waals surface area (Å²) in [7, 11) is 1.41. The molecule has 2 N–H and O–H groups in total. The van der Waals surface area contributed by atoms with Crippen molar-refractivity contribution in [1.29, 1.82) is 0 Å². The molecule has 23 heavy (non-hydrogen) atoms. The van der Waals surface area contributed by atoms with Crippen LogP contribution in [0, 0.1) is 5.82 Å². The number of carbonyl (C=O) groups is 2. The molecule has 7 heteroatoms. The normalized spacial score (nSPS) is 10.8. The highest BCUT2D eigenvalue weighted by atomic mass is 19.1. The van der Waals surface area contributed by atoms with Crippen LogP contribution in [0.1, 0.15) is 37.6 Å². The largest absolute Gasteiger partial charge is 0.496 e. The molecule has 2 amide bonds. The summed E-state index contributed by atoms with van der Waals surface area (Å²) in [4.78, 5) is 23.4. The molecule has 0 aliphatic rings. The standard InChI is InChI=1S/C16H23FN2O4/c1-16(2,3)23-15(21)19-9-5-8-18-14(20)12-10-11(17)6-7-13(12)22-4/h6-7,10H,5,8-9H2,1-4H3,(H,18,20)(H,19,21). The molecular weight excluding hydrogens is 303 g/mol. The van der Waals surface area contributed by atoms with Crippen molar-refractivity contribution in [1.82, 2.24) is 10.6 Å². The van der Waals surface area contributed by atoms with Gasteiger partial charge in [0, 0.05) is 13.1 Å². The maximum atomic E-state index is 13.2. The summed E-state index contributed by atoms with van der Waals surface area (Å²) in [5.41, 5.74) is -0.417. The highest BCUT2D eigenvalue weighted by Gasteiger charge is 2.16. The first-order valence-electron chi connectivity index (χ1n) is 7.31. The number of ether oxygens (including phenoxy) is 2. The Balaban J connectivity index is 2.35. The zero-order valence-electron chi connectivity index (χ0n) is 13.9. The summed E-state index contributed by atoms with van der Waals surface area (Å²) < 4.78 is 23.3. The number of hydrogen-bond acceptors (Lipinski definition) is 4. The highest BCUT2D eigenvalue weighted by Crippen LogP contribution is 2.18. The topological polar surface area (TPSA) is 76.7 Å². The quantitative estimate of drug-likeness (QED) is 0.788. The van der Waals surface area contributed by atoms with Crippen molar-refractivity contribution in [3.05, 3.63) is 29.6 Å². The Morgan fingerprint density at radius 1 is 1.17 bits per heavy atom. The molecule has 0 saturated heterocycles. The zero-order chi connectivity index (χ0) is 17.5. The Kier molecular flexibility index (Phi) is 6.81. The molecule has 0 aromatic heterocycles. The summed E-state index contributed by atoms with van der Waals surface area (Å²) in [6.07, 6.45) is 0.0124. The Bertz CT molecular complexity index is 556. The van der Waals surface area contributed by atoms with Crippen LogP contribution in [0.5, 0.6) is 5.75 Å². The van der Waals surface area contributed by atoms with Crippen molar-refractivity contribution < 1.29 is 23.5 Å². The fraction of sp³-hybridized carbons (Fsp3) is 0.500. The van der Waals surface area contributed by atoms with Crippen molar-refractivity contribution in [3.8, 4) is 5.75 Å².